The molecule has 104 valence electrons. The summed E-state index contributed by atoms with van der Waals surface area (Å²) < 4.78 is 0. The van der Waals surface area contributed by atoms with Crippen LogP contribution in [0.15, 0.2) is 18.2 Å². The van der Waals surface area contributed by atoms with Crippen LogP contribution in [0, 0.1) is 5.92 Å². The van der Waals surface area contributed by atoms with Gasteiger partial charge in [-0.3, -0.25) is 0 Å². The molecule has 1 aromatic carbocycles. The number of halogens is 1. The third kappa shape index (κ3) is 4.79. The van der Waals surface area contributed by atoms with Gasteiger partial charge in [-0.1, -0.05) is 25.4 Å². The van der Waals surface area contributed by atoms with Crippen LogP contribution in [0.1, 0.15) is 31.1 Å². The maximum Gasteiger partial charge on any atom is 0.335 e. The minimum absolute atomic E-state index is 0.0122. The van der Waals surface area contributed by atoms with Gasteiger partial charge in [-0.25, -0.2) is 9.59 Å². The largest absolute Gasteiger partial charge is 0.478 e. The number of nitrogens with one attached hydrogen (secondary N) is 2. The minimum atomic E-state index is -1.10. The predicted molar refractivity (Wildman–Crippen MR) is 74.9 cm³/mol. The molecule has 1 aromatic rings. The zero-order valence-corrected chi connectivity index (χ0v) is 11.8. The van der Waals surface area contributed by atoms with Crippen LogP contribution < -0.4 is 10.6 Å². The Balaban J connectivity index is 2.77. The Bertz CT molecular complexity index is 489. The van der Waals surface area contributed by atoms with Gasteiger partial charge >= 0.3 is 12.0 Å². The molecular weight excluding hydrogens is 268 g/mol. The summed E-state index contributed by atoms with van der Waals surface area (Å²) in [7, 11) is 0. The van der Waals surface area contributed by atoms with Crippen molar-refractivity contribution < 1.29 is 14.7 Å². The second-order valence-electron chi connectivity index (χ2n) is 4.66. The van der Waals surface area contributed by atoms with E-state index in [-0.39, 0.29) is 22.7 Å². The lowest BCUT2D eigenvalue weighted by molar-refractivity contribution is 0.0697. The smallest absolute Gasteiger partial charge is 0.335 e. The lowest BCUT2D eigenvalue weighted by Gasteiger charge is -2.18. The molecular formula is C13H17ClN2O3. The number of hydrogen-bond donors (Lipinski definition) is 3. The van der Waals surface area contributed by atoms with E-state index < -0.39 is 5.97 Å². The normalized spacial score (nSPS) is 12.1. The maximum absolute atomic E-state index is 11.7. The van der Waals surface area contributed by atoms with Crippen molar-refractivity contribution in [2.45, 2.75) is 26.8 Å². The predicted octanol–water partition coefficient (Wildman–Crippen LogP) is 3.20. The van der Waals surface area contributed by atoms with E-state index in [1.54, 1.807) is 0 Å². The Hall–Kier alpha value is -1.75. The Morgan fingerprint density at radius 3 is 2.37 bits per heavy atom. The van der Waals surface area contributed by atoms with Gasteiger partial charge in [-0.2, -0.15) is 0 Å². The van der Waals surface area contributed by atoms with E-state index in [1.165, 1.54) is 18.2 Å². The molecule has 0 aromatic heterocycles. The molecule has 1 unspecified atom stereocenters. The Morgan fingerprint density at radius 2 is 1.84 bits per heavy atom. The van der Waals surface area contributed by atoms with E-state index in [4.69, 9.17) is 16.7 Å². The van der Waals surface area contributed by atoms with Gasteiger partial charge in [0.1, 0.15) is 0 Å². The van der Waals surface area contributed by atoms with Crippen LogP contribution in [0.5, 0.6) is 0 Å². The van der Waals surface area contributed by atoms with Gasteiger partial charge in [0.2, 0.25) is 0 Å². The molecule has 1 atom stereocenters. The number of carbonyl (C=O) groups excluding carboxylic acids is 1. The van der Waals surface area contributed by atoms with Crippen molar-refractivity contribution in [3.05, 3.63) is 28.8 Å². The molecule has 0 bridgehead atoms. The number of rotatable bonds is 4. The van der Waals surface area contributed by atoms with E-state index in [2.05, 4.69) is 10.6 Å². The van der Waals surface area contributed by atoms with Crippen LogP contribution in [0.4, 0.5) is 10.5 Å². The van der Waals surface area contributed by atoms with Crippen LogP contribution >= 0.6 is 11.6 Å². The zero-order chi connectivity index (χ0) is 14.6. The van der Waals surface area contributed by atoms with Crippen molar-refractivity contribution in [1.82, 2.24) is 5.32 Å². The highest BCUT2D eigenvalue weighted by Gasteiger charge is 2.12. The van der Waals surface area contributed by atoms with Crippen molar-refractivity contribution in [3.8, 4) is 0 Å². The van der Waals surface area contributed by atoms with Gasteiger partial charge < -0.3 is 15.7 Å². The molecule has 2 amide bonds. The maximum atomic E-state index is 11.7. The number of amides is 2. The van der Waals surface area contributed by atoms with Crippen molar-refractivity contribution in [3.63, 3.8) is 0 Å². The van der Waals surface area contributed by atoms with Gasteiger partial charge in [-0.05, 0) is 31.0 Å². The SMILES string of the molecule is CC(C)C(C)NC(=O)Nc1cc(Cl)cc(C(=O)O)c1. The highest BCUT2D eigenvalue weighted by Crippen LogP contribution is 2.19. The number of anilines is 1. The summed E-state index contributed by atoms with van der Waals surface area (Å²) in [5.74, 6) is -0.791. The molecule has 0 saturated heterocycles. The van der Waals surface area contributed by atoms with E-state index >= 15 is 0 Å². The number of aromatic carboxylic acids is 1. The number of carbonyl (C=O) groups is 2. The lowest BCUT2D eigenvalue weighted by atomic mass is 10.1. The number of carboxylic acids is 1. The number of carboxylic acid groups (broad SMARTS) is 1. The highest BCUT2D eigenvalue weighted by molar-refractivity contribution is 6.31. The molecule has 3 N–H and O–H groups in total. The average molecular weight is 285 g/mol. The first-order valence-corrected chi connectivity index (χ1v) is 6.28. The van der Waals surface area contributed by atoms with Gasteiger partial charge in [0.25, 0.3) is 0 Å². The van der Waals surface area contributed by atoms with Crippen molar-refractivity contribution >= 4 is 29.3 Å². The van der Waals surface area contributed by atoms with Gasteiger partial charge in [-0.15, -0.1) is 0 Å². The van der Waals surface area contributed by atoms with E-state index in [0.29, 0.717) is 11.6 Å². The van der Waals surface area contributed by atoms with Gasteiger partial charge in [0, 0.05) is 16.8 Å². The first-order valence-electron chi connectivity index (χ1n) is 5.91. The Morgan fingerprint density at radius 1 is 1.21 bits per heavy atom. The minimum Gasteiger partial charge on any atom is -0.478 e. The average Bonchev–Trinajstić information content (AvgIpc) is 2.27. The van der Waals surface area contributed by atoms with Crippen LogP contribution in [0.25, 0.3) is 0 Å². The summed E-state index contributed by atoms with van der Waals surface area (Å²) in [5, 5.41) is 14.5. The van der Waals surface area contributed by atoms with Crippen molar-refractivity contribution in [2.75, 3.05) is 5.32 Å². The standard InChI is InChI=1S/C13H17ClN2O3/c1-7(2)8(3)15-13(19)16-11-5-9(12(17)18)4-10(14)6-11/h4-8H,1-3H3,(H,17,18)(H2,15,16,19). The monoisotopic (exact) mass is 284 g/mol. The van der Waals surface area contributed by atoms with Gasteiger partial charge in [0.05, 0.1) is 5.56 Å². The summed E-state index contributed by atoms with van der Waals surface area (Å²) in [4.78, 5) is 22.6. The van der Waals surface area contributed by atoms with Crippen LogP contribution in [0.3, 0.4) is 0 Å². The number of urea groups is 1. The zero-order valence-electron chi connectivity index (χ0n) is 11.0. The molecule has 0 aliphatic carbocycles. The molecule has 0 heterocycles. The molecule has 0 spiro atoms. The molecule has 0 aliphatic heterocycles. The highest BCUT2D eigenvalue weighted by atomic mass is 35.5. The number of hydrogen-bond acceptors (Lipinski definition) is 2. The van der Waals surface area contributed by atoms with Crippen LogP contribution in [-0.2, 0) is 0 Å². The second kappa shape index (κ2) is 6.43. The summed E-state index contributed by atoms with van der Waals surface area (Å²) in [6.45, 7) is 5.88. The molecule has 1 rings (SSSR count). The molecule has 19 heavy (non-hydrogen) atoms. The van der Waals surface area contributed by atoms with Crippen molar-refractivity contribution in [1.29, 1.82) is 0 Å². The number of benzene rings is 1. The van der Waals surface area contributed by atoms with Gasteiger partial charge in [0.15, 0.2) is 0 Å². The molecule has 5 nitrogen and oxygen atoms in total. The fourth-order valence-electron chi connectivity index (χ4n) is 1.33. The third-order valence-electron chi connectivity index (χ3n) is 2.76. The van der Waals surface area contributed by atoms with Crippen LogP contribution in [0.2, 0.25) is 5.02 Å². The quantitative estimate of drug-likeness (QED) is 0.794. The summed E-state index contributed by atoms with van der Waals surface area (Å²) >= 11 is 5.80. The first kappa shape index (κ1) is 15.3. The lowest BCUT2D eigenvalue weighted by Crippen LogP contribution is -2.39. The summed E-state index contributed by atoms with van der Waals surface area (Å²) in [5.41, 5.74) is 0.373. The molecule has 0 fully saturated rings. The van der Waals surface area contributed by atoms with E-state index in [0.717, 1.165) is 0 Å². The van der Waals surface area contributed by atoms with Crippen LogP contribution in [-0.4, -0.2) is 23.1 Å². The summed E-state index contributed by atoms with van der Waals surface area (Å²) in [6.07, 6.45) is 0. The topological polar surface area (TPSA) is 78.4 Å². The second-order valence-corrected chi connectivity index (χ2v) is 5.10. The molecule has 0 aliphatic rings. The van der Waals surface area contributed by atoms with E-state index in [1.807, 2.05) is 20.8 Å². The molecule has 0 radical (unpaired) electrons. The summed E-state index contributed by atoms with van der Waals surface area (Å²) in [6, 6.07) is 3.79. The molecule has 6 heteroatoms. The fourth-order valence-corrected chi connectivity index (χ4v) is 1.56. The van der Waals surface area contributed by atoms with E-state index in [9.17, 15) is 9.59 Å². The molecule has 0 saturated carbocycles. The van der Waals surface area contributed by atoms with Crippen molar-refractivity contribution in [2.24, 2.45) is 5.92 Å². The Kier molecular flexibility index (Phi) is 5.18. The fraction of sp³-hybridized carbons (Fsp3) is 0.385. The third-order valence-corrected chi connectivity index (χ3v) is 2.98. The Labute approximate surface area is 117 Å². The first-order chi connectivity index (χ1) is 8.79.